The molecule has 0 aliphatic carbocycles. The minimum atomic E-state index is -0.416. The number of nitrogens with zero attached hydrogens (tertiary/aromatic N) is 4. The number of benzene rings is 1. The molecule has 1 aromatic heterocycles. The number of amides is 1. The number of fused-ring (bicyclic) bond motifs is 2. The van der Waals surface area contributed by atoms with E-state index in [1.807, 2.05) is 17.0 Å². The van der Waals surface area contributed by atoms with Gasteiger partial charge in [0.2, 0.25) is 11.9 Å². The Balaban J connectivity index is 1.42. The number of carbonyl (C=O) groups excluding carboxylic acids is 1. The van der Waals surface area contributed by atoms with E-state index in [1.165, 1.54) is 5.56 Å². The fourth-order valence-corrected chi connectivity index (χ4v) is 4.80. The number of carbonyl (C=O) groups is 1. The lowest BCUT2D eigenvalue weighted by atomic mass is 9.73. The predicted octanol–water partition coefficient (Wildman–Crippen LogP) is 2.54. The number of anilines is 2. The molecule has 6 nitrogen and oxygen atoms in total. The van der Waals surface area contributed by atoms with Gasteiger partial charge in [-0.25, -0.2) is 9.97 Å². The Labute approximate surface area is 159 Å². The zero-order chi connectivity index (χ0) is 18.3. The lowest BCUT2D eigenvalue weighted by Crippen LogP contribution is -2.50. The number of ether oxygens (including phenoxy) is 1. The van der Waals surface area contributed by atoms with Crippen molar-refractivity contribution in [2.75, 3.05) is 36.0 Å². The van der Waals surface area contributed by atoms with Gasteiger partial charge in [-0.3, -0.25) is 4.79 Å². The van der Waals surface area contributed by atoms with Crippen LogP contribution in [0, 0.1) is 0 Å². The molecular formula is C21H24N4O2. The summed E-state index contributed by atoms with van der Waals surface area (Å²) in [5.74, 6) is 0.995. The van der Waals surface area contributed by atoms with Crippen LogP contribution in [-0.2, 0) is 14.9 Å². The minimum Gasteiger partial charge on any atom is -0.376 e. The Hall–Kier alpha value is -2.47. The monoisotopic (exact) mass is 364 g/mol. The molecule has 2 aromatic rings. The molecule has 1 atom stereocenters. The van der Waals surface area contributed by atoms with Crippen molar-refractivity contribution in [1.82, 2.24) is 9.97 Å². The van der Waals surface area contributed by atoms with Crippen molar-refractivity contribution >= 4 is 17.5 Å². The van der Waals surface area contributed by atoms with Gasteiger partial charge in [0, 0.05) is 37.8 Å². The van der Waals surface area contributed by atoms with E-state index < -0.39 is 5.41 Å². The molecule has 5 rings (SSSR count). The van der Waals surface area contributed by atoms with E-state index in [9.17, 15) is 4.79 Å². The number of rotatable bonds is 3. The average Bonchev–Trinajstić information content (AvgIpc) is 3.32. The van der Waals surface area contributed by atoms with Crippen molar-refractivity contribution in [2.24, 2.45) is 0 Å². The first-order chi connectivity index (χ1) is 13.3. The zero-order valence-electron chi connectivity index (χ0n) is 15.4. The highest BCUT2D eigenvalue weighted by atomic mass is 16.5. The van der Waals surface area contributed by atoms with Gasteiger partial charge in [-0.05, 0) is 43.4 Å². The van der Waals surface area contributed by atoms with Crippen LogP contribution >= 0.6 is 0 Å². The van der Waals surface area contributed by atoms with Crippen LogP contribution in [0.3, 0.4) is 0 Å². The van der Waals surface area contributed by atoms with Crippen molar-refractivity contribution in [3.63, 3.8) is 0 Å². The van der Waals surface area contributed by atoms with Crippen LogP contribution in [0.2, 0.25) is 0 Å². The summed E-state index contributed by atoms with van der Waals surface area (Å²) in [6.45, 7) is 3.06. The normalized spacial score (nSPS) is 23.9. The second-order valence-corrected chi connectivity index (χ2v) is 7.69. The molecule has 2 fully saturated rings. The van der Waals surface area contributed by atoms with Gasteiger partial charge in [-0.2, -0.15) is 0 Å². The van der Waals surface area contributed by atoms with E-state index in [2.05, 4.69) is 33.1 Å². The Morgan fingerprint density at radius 2 is 1.89 bits per heavy atom. The maximum Gasteiger partial charge on any atom is 0.237 e. The van der Waals surface area contributed by atoms with Crippen molar-refractivity contribution in [3.8, 4) is 0 Å². The van der Waals surface area contributed by atoms with Gasteiger partial charge < -0.3 is 14.5 Å². The summed E-state index contributed by atoms with van der Waals surface area (Å²) >= 11 is 0. The number of hydrogen-bond donors (Lipinski definition) is 0. The minimum absolute atomic E-state index is 0.162. The highest BCUT2D eigenvalue weighted by Gasteiger charge is 2.52. The Morgan fingerprint density at radius 3 is 2.63 bits per heavy atom. The maximum atomic E-state index is 13.6. The first-order valence-electron chi connectivity index (χ1n) is 9.83. The molecule has 1 unspecified atom stereocenters. The van der Waals surface area contributed by atoms with Crippen LogP contribution in [0.15, 0.2) is 42.7 Å². The van der Waals surface area contributed by atoms with Gasteiger partial charge in [0.05, 0.1) is 18.1 Å². The van der Waals surface area contributed by atoms with Crippen LogP contribution in [0.1, 0.15) is 31.2 Å². The van der Waals surface area contributed by atoms with Gasteiger partial charge in [0.15, 0.2) is 0 Å². The summed E-state index contributed by atoms with van der Waals surface area (Å²) in [4.78, 5) is 26.5. The molecule has 1 amide bonds. The third-order valence-corrected chi connectivity index (χ3v) is 6.23. The second-order valence-electron chi connectivity index (χ2n) is 7.69. The first kappa shape index (κ1) is 16.7. The Morgan fingerprint density at radius 1 is 1.11 bits per heavy atom. The van der Waals surface area contributed by atoms with E-state index in [0.717, 1.165) is 57.0 Å². The first-order valence-corrected chi connectivity index (χ1v) is 9.83. The van der Waals surface area contributed by atoms with Gasteiger partial charge in [0.25, 0.3) is 0 Å². The van der Waals surface area contributed by atoms with Gasteiger partial charge in [0.1, 0.15) is 0 Å². The SMILES string of the molecule is O=C1N(CC2CCCO2)c2ccccc2C12CCN(c1ncccn1)CC2. The highest BCUT2D eigenvalue weighted by Crippen LogP contribution is 2.48. The van der Waals surface area contributed by atoms with E-state index >= 15 is 0 Å². The van der Waals surface area contributed by atoms with Gasteiger partial charge in [-0.15, -0.1) is 0 Å². The summed E-state index contributed by atoms with van der Waals surface area (Å²) in [5, 5.41) is 0. The van der Waals surface area contributed by atoms with Gasteiger partial charge >= 0.3 is 0 Å². The van der Waals surface area contributed by atoms with Crippen molar-refractivity contribution in [2.45, 2.75) is 37.2 Å². The summed E-state index contributed by atoms with van der Waals surface area (Å²) in [5.41, 5.74) is 1.84. The molecule has 0 saturated carbocycles. The Bertz CT molecular complexity index is 827. The number of hydrogen-bond acceptors (Lipinski definition) is 5. The molecule has 0 bridgehead atoms. The van der Waals surface area contributed by atoms with E-state index in [4.69, 9.17) is 4.74 Å². The smallest absolute Gasteiger partial charge is 0.237 e. The average molecular weight is 364 g/mol. The number of aromatic nitrogens is 2. The molecule has 140 valence electrons. The molecule has 3 aliphatic heterocycles. The standard InChI is InChI=1S/C21H24N4O2/c26-19-21(8-12-24(13-9-21)20-22-10-4-11-23-20)17-6-1-2-7-18(17)25(19)15-16-5-3-14-27-16/h1-2,4,6-7,10-11,16H,3,5,8-9,12-15H2. The third kappa shape index (κ3) is 2.70. The molecular weight excluding hydrogens is 340 g/mol. The lowest BCUT2D eigenvalue weighted by Gasteiger charge is -2.38. The second kappa shape index (κ2) is 6.60. The fraction of sp³-hybridized carbons (Fsp3) is 0.476. The molecule has 4 heterocycles. The molecule has 6 heteroatoms. The molecule has 1 aromatic carbocycles. The van der Waals surface area contributed by atoms with Crippen LogP contribution in [-0.4, -0.2) is 48.2 Å². The summed E-state index contributed by atoms with van der Waals surface area (Å²) in [6, 6.07) is 10.1. The topological polar surface area (TPSA) is 58.6 Å². The predicted molar refractivity (Wildman–Crippen MR) is 103 cm³/mol. The molecule has 2 saturated heterocycles. The van der Waals surface area contributed by atoms with Crippen LogP contribution in [0.4, 0.5) is 11.6 Å². The molecule has 0 N–H and O–H groups in total. The van der Waals surface area contributed by atoms with E-state index in [-0.39, 0.29) is 12.0 Å². The van der Waals surface area contributed by atoms with E-state index in [0.29, 0.717) is 6.54 Å². The number of para-hydroxylation sites is 1. The molecule has 27 heavy (non-hydrogen) atoms. The fourth-order valence-electron chi connectivity index (χ4n) is 4.80. The summed E-state index contributed by atoms with van der Waals surface area (Å²) in [7, 11) is 0. The van der Waals surface area contributed by atoms with Gasteiger partial charge in [-0.1, -0.05) is 18.2 Å². The Kier molecular flexibility index (Phi) is 4.08. The summed E-state index contributed by atoms with van der Waals surface area (Å²) < 4.78 is 5.81. The van der Waals surface area contributed by atoms with Crippen LogP contribution < -0.4 is 9.80 Å². The quantitative estimate of drug-likeness (QED) is 0.838. The van der Waals surface area contributed by atoms with Crippen molar-refractivity contribution < 1.29 is 9.53 Å². The van der Waals surface area contributed by atoms with Crippen molar-refractivity contribution in [1.29, 1.82) is 0 Å². The maximum absolute atomic E-state index is 13.6. The lowest BCUT2D eigenvalue weighted by molar-refractivity contribution is -0.124. The highest BCUT2D eigenvalue weighted by molar-refractivity contribution is 6.08. The molecule has 1 spiro atoms. The number of piperidine rings is 1. The molecule has 3 aliphatic rings. The van der Waals surface area contributed by atoms with Crippen LogP contribution in [0.25, 0.3) is 0 Å². The van der Waals surface area contributed by atoms with E-state index in [1.54, 1.807) is 12.4 Å². The van der Waals surface area contributed by atoms with Crippen molar-refractivity contribution in [3.05, 3.63) is 48.3 Å². The summed E-state index contributed by atoms with van der Waals surface area (Å²) in [6.07, 6.45) is 7.42. The third-order valence-electron chi connectivity index (χ3n) is 6.23. The zero-order valence-corrected chi connectivity index (χ0v) is 15.4. The molecule has 0 radical (unpaired) electrons. The van der Waals surface area contributed by atoms with Crippen LogP contribution in [0.5, 0.6) is 0 Å². The largest absolute Gasteiger partial charge is 0.376 e.